The van der Waals surface area contributed by atoms with Gasteiger partial charge in [-0.1, -0.05) is 0 Å². The van der Waals surface area contributed by atoms with E-state index in [1.807, 2.05) is 29.3 Å². The van der Waals surface area contributed by atoms with Crippen LogP contribution in [0.2, 0.25) is 0 Å². The highest BCUT2D eigenvalue weighted by Gasteiger charge is 2.17. The number of pyridine rings is 2. The maximum atomic E-state index is 12.8. The molecule has 3 aromatic heterocycles. The molecule has 4 rings (SSSR count). The van der Waals surface area contributed by atoms with Crippen molar-refractivity contribution in [2.45, 2.75) is 52.6 Å². The molecule has 0 aromatic carbocycles. The van der Waals surface area contributed by atoms with E-state index in [-0.39, 0.29) is 16.9 Å². The molecule has 0 fully saturated rings. The number of nitrogens with one attached hydrogen (secondary N) is 1. The Balaban J connectivity index is 1.53. The summed E-state index contributed by atoms with van der Waals surface area (Å²) in [6.45, 7) is 5.53. The summed E-state index contributed by atoms with van der Waals surface area (Å²) >= 11 is 0. The Morgan fingerprint density at radius 3 is 2.89 bits per heavy atom. The second-order valence-electron chi connectivity index (χ2n) is 7.28. The second-order valence-corrected chi connectivity index (χ2v) is 7.28. The van der Waals surface area contributed by atoms with Gasteiger partial charge in [-0.3, -0.25) is 14.3 Å². The first-order chi connectivity index (χ1) is 13.6. The number of carbonyl (C=O) groups excluding carboxylic acids is 1. The zero-order chi connectivity index (χ0) is 19.7. The molecule has 1 aliphatic carbocycles. The monoisotopic (exact) mass is 379 g/mol. The number of rotatable bonds is 5. The summed E-state index contributed by atoms with van der Waals surface area (Å²) in [6, 6.07) is 3.55. The standard InChI is InChI=1S/C21H25N5O2/c1-3-25-13-17(19(27)16-9-8-14(2)24-20(16)25)21(28)22-10-11-26-18-7-5-4-6-15(18)12-23-26/h8-9,12-13H,3-7,10-11H2,1-2H3,(H,22,28). The third-order valence-corrected chi connectivity index (χ3v) is 5.40. The van der Waals surface area contributed by atoms with Crippen molar-refractivity contribution in [2.75, 3.05) is 6.54 Å². The SMILES string of the molecule is CCn1cc(C(=O)NCCn2ncc3c2CCCC3)c(=O)c2ccc(C)nc21. The van der Waals surface area contributed by atoms with Crippen LogP contribution in [0.5, 0.6) is 0 Å². The van der Waals surface area contributed by atoms with Gasteiger partial charge in [0.05, 0.1) is 18.1 Å². The quantitative estimate of drug-likeness (QED) is 0.737. The van der Waals surface area contributed by atoms with Crippen LogP contribution < -0.4 is 10.7 Å². The van der Waals surface area contributed by atoms with Crippen LogP contribution in [-0.2, 0) is 25.9 Å². The summed E-state index contributed by atoms with van der Waals surface area (Å²) in [5.41, 5.74) is 3.94. The third kappa shape index (κ3) is 3.32. The van der Waals surface area contributed by atoms with Crippen LogP contribution in [0.3, 0.4) is 0 Å². The topological polar surface area (TPSA) is 81.8 Å². The molecule has 146 valence electrons. The lowest BCUT2D eigenvalue weighted by atomic mass is 9.98. The average Bonchev–Trinajstić information content (AvgIpc) is 3.11. The van der Waals surface area contributed by atoms with Gasteiger partial charge in [0.2, 0.25) is 5.43 Å². The lowest BCUT2D eigenvalue weighted by Gasteiger charge is -2.14. The van der Waals surface area contributed by atoms with Gasteiger partial charge >= 0.3 is 0 Å². The van der Waals surface area contributed by atoms with Crippen molar-refractivity contribution in [2.24, 2.45) is 0 Å². The van der Waals surface area contributed by atoms with E-state index in [9.17, 15) is 9.59 Å². The highest BCUT2D eigenvalue weighted by Crippen LogP contribution is 2.20. The maximum Gasteiger partial charge on any atom is 0.256 e. The van der Waals surface area contributed by atoms with Crippen molar-refractivity contribution in [3.63, 3.8) is 0 Å². The molecule has 0 aliphatic heterocycles. The van der Waals surface area contributed by atoms with Crippen molar-refractivity contribution in [3.8, 4) is 0 Å². The van der Waals surface area contributed by atoms with Gasteiger partial charge in [0, 0.05) is 30.7 Å². The molecule has 7 nitrogen and oxygen atoms in total. The summed E-state index contributed by atoms with van der Waals surface area (Å²) in [6.07, 6.45) is 8.09. The molecule has 0 unspecified atom stereocenters. The summed E-state index contributed by atoms with van der Waals surface area (Å²) in [7, 11) is 0. The number of carbonyl (C=O) groups is 1. The second kappa shape index (κ2) is 7.58. The van der Waals surface area contributed by atoms with Gasteiger partial charge in [-0.05, 0) is 57.2 Å². The van der Waals surface area contributed by atoms with E-state index in [4.69, 9.17) is 0 Å². The number of amides is 1. The largest absolute Gasteiger partial charge is 0.350 e. The molecular formula is C21H25N5O2. The predicted molar refractivity (Wildman–Crippen MR) is 108 cm³/mol. The fraction of sp³-hybridized carbons (Fsp3) is 0.429. The Hall–Kier alpha value is -2.96. The van der Waals surface area contributed by atoms with Crippen LogP contribution in [0, 0.1) is 6.92 Å². The fourth-order valence-electron chi connectivity index (χ4n) is 3.88. The zero-order valence-electron chi connectivity index (χ0n) is 16.4. The Labute approximate surface area is 163 Å². The third-order valence-electron chi connectivity index (χ3n) is 5.40. The number of nitrogens with zero attached hydrogens (tertiary/aromatic N) is 4. The lowest BCUT2D eigenvalue weighted by molar-refractivity contribution is 0.0950. The minimum atomic E-state index is -0.351. The van der Waals surface area contributed by atoms with Crippen LogP contribution in [0.15, 0.2) is 29.3 Å². The van der Waals surface area contributed by atoms with Gasteiger partial charge in [-0.15, -0.1) is 0 Å². The van der Waals surface area contributed by atoms with Crippen LogP contribution >= 0.6 is 0 Å². The number of aryl methyl sites for hydroxylation is 3. The van der Waals surface area contributed by atoms with Crippen LogP contribution in [0.1, 0.15) is 47.1 Å². The van der Waals surface area contributed by atoms with Gasteiger partial charge in [-0.25, -0.2) is 4.98 Å². The minimum Gasteiger partial charge on any atom is -0.350 e. The Bertz CT molecular complexity index is 1100. The van der Waals surface area contributed by atoms with Crippen molar-refractivity contribution in [1.29, 1.82) is 0 Å². The van der Waals surface area contributed by atoms with Crippen molar-refractivity contribution >= 4 is 16.9 Å². The first-order valence-corrected chi connectivity index (χ1v) is 9.91. The molecule has 0 atom stereocenters. The highest BCUT2D eigenvalue weighted by atomic mass is 16.2. The molecular weight excluding hydrogens is 354 g/mol. The van der Waals surface area contributed by atoms with Gasteiger partial charge in [-0.2, -0.15) is 5.10 Å². The molecule has 0 saturated carbocycles. The van der Waals surface area contributed by atoms with Crippen molar-refractivity contribution < 1.29 is 4.79 Å². The maximum absolute atomic E-state index is 12.8. The summed E-state index contributed by atoms with van der Waals surface area (Å²) in [5.74, 6) is -0.351. The molecule has 1 aliphatic rings. The molecule has 1 N–H and O–H groups in total. The Morgan fingerprint density at radius 1 is 1.25 bits per heavy atom. The van der Waals surface area contributed by atoms with E-state index in [2.05, 4.69) is 15.4 Å². The van der Waals surface area contributed by atoms with Crippen LogP contribution in [-0.4, -0.2) is 31.8 Å². The summed E-state index contributed by atoms with van der Waals surface area (Å²) in [4.78, 5) is 30.0. The first-order valence-electron chi connectivity index (χ1n) is 9.91. The van der Waals surface area contributed by atoms with Crippen molar-refractivity contribution in [1.82, 2.24) is 24.6 Å². The van der Waals surface area contributed by atoms with E-state index >= 15 is 0 Å². The molecule has 0 saturated heterocycles. The highest BCUT2D eigenvalue weighted by molar-refractivity contribution is 5.96. The van der Waals surface area contributed by atoms with Gasteiger partial charge in [0.25, 0.3) is 5.91 Å². The predicted octanol–water partition coefficient (Wildman–Crippen LogP) is 2.23. The molecule has 3 heterocycles. The first kappa shape index (κ1) is 18.4. The van der Waals surface area contributed by atoms with E-state index in [0.29, 0.717) is 30.7 Å². The molecule has 1 amide bonds. The molecule has 0 bridgehead atoms. The number of fused-ring (bicyclic) bond motifs is 2. The zero-order valence-corrected chi connectivity index (χ0v) is 16.4. The minimum absolute atomic E-state index is 0.155. The van der Waals surface area contributed by atoms with E-state index in [1.54, 1.807) is 18.3 Å². The molecule has 28 heavy (non-hydrogen) atoms. The molecule has 0 radical (unpaired) electrons. The number of aromatic nitrogens is 4. The van der Waals surface area contributed by atoms with Crippen LogP contribution in [0.4, 0.5) is 0 Å². The molecule has 0 spiro atoms. The summed E-state index contributed by atoms with van der Waals surface area (Å²) in [5, 5.41) is 7.80. The van der Waals surface area contributed by atoms with Crippen LogP contribution in [0.25, 0.3) is 11.0 Å². The van der Waals surface area contributed by atoms with Crippen molar-refractivity contribution in [3.05, 3.63) is 57.3 Å². The normalized spacial score (nSPS) is 13.5. The smallest absolute Gasteiger partial charge is 0.256 e. The summed E-state index contributed by atoms with van der Waals surface area (Å²) < 4.78 is 3.83. The fourth-order valence-corrected chi connectivity index (χ4v) is 3.88. The van der Waals surface area contributed by atoms with E-state index in [0.717, 1.165) is 18.5 Å². The average molecular weight is 379 g/mol. The van der Waals surface area contributed by atoms with Gasteiger partial charge in [0.15, 0.2) is 0 Å². The van der Waals surface area contributed by atoms with E-state index in [1.165, 1.54) is 24.1 Å². The number of hydrogen-bond donors (Lipinski definition) is 1. The lowest BCUT2D eigenvalue weighted by Crippen LogP contribution is -2.32. The number of hydrogen-bond acceptors (Lipinski definition) is 4. The Kier molecular flexibility index (Phi) is 4.98. The van der Waals surface area contributed by atoms with Gasteiger partial charge < -0.3 is 9.88 Å². The molecule has 3 aromatic rings. The Morgan fingerprint density at radius 2 is 2.07 bits per heavy atom. The van der Waals surface area contributed by atoms with E-state index < -0.39 is 0 Å². The molecule has 7 heteroatoms. The van der Waals surface area contributed by atoms with Gasteiger partial charge in [0.1, 0.15) is 11.2 Å².